The molecule has 0 aliphatic heterocycles. The van der Waals surface area contributed by atoms with Crippen LogP contribution in [0.1, 0.15) is 57.6 Å². The van der Waals surface area contributed by atoms with Crippen molar-refractivity contribution < 1.29 is 14.9 Å². The summed E-state index contributed by atoms with van der Waals surface area (Å²) in [6.07, 6.45) is 5.52. The molecule has 27 heavy (non-hydrogen) atoms. The Balaban J connectivity index is 1.56. The molecule has 3 rings (SSSR count). The standard InChI is InChI=1S/C22H29N3O2/c1-15(19-14-8-10-17-9-6-7-13-20(17)19)23-16(2)21(26)25-22(27)24-18-11-4-3-5-12-18/h6-10,13-16,18,23H,3-5,11-12H2,1-2H3,(H2,24,25,26,27)/p+1/t15-,16+/m0/s1. The maximum atomic E-state index is 12.4. The van der Waals surface area contributed by atoms with Crippen LogP contribution in [0.3, 0.4) is 0 Å². The van der Waals surface area contributed by atoms with Crippen molar-refractivity contribution in [3.8, 4) is 0 Å². The smallest absolute Gasteiger partial charge is 0.321 e. The van der Waals surface area contributed by atoms with E-state index in [0.717, 1.165) is 25.7 Å². The van der Waals surface area contributed by atoms with E-state index >= 15 is 0 Å². The highest BCUT2D eigenvalue weighted by molar-refractivity contribution is 5.96. The van der Waals surface area contributed by atoms with Crippen molar-refractivity contribution >= 4 is 22.7 Å². The zero-order chi connectivity index (χ0) is 19.2. The van der Waals surface area contributed by atoms with Gasteiger partial charge in [-0.25, -0.2) is 4.79 Å². The molecule has 0 spiro atoms. The van der Waals surface area contributed by atoms with Gasteiger partial charge in [0.2, 0.25) is 0 Å². The summed E-state index contributed by atoms with van der Waals surface area (Å²) < 4.78 is 0. The summed E-state index contributed by atoms with van der Waals surface area (Å²) in [5.41, 5.74) is 1.19. The van der Waals surface area contributed by atoms with E-state index in [1.54, 1.807) is 0 Å². The van der Waals surface area contributed by atoms with E-state index in [0.29, 0.717) is 0 Å². The number of amides is 3. The van der Waals surface area contributed by atoms with Crippen LogP contribution in [0.25, 0.3) is 10.8 Å². The Hall–Kier alpha value is -2.40. The van der Waals surface area contributed by atoms with Crippen LogP contribution < -0.4 is 16.0 Å². The zero-order valence-corrected chi connectivity index (χ0v) is 16.2. The fourth-order valence-corrected chi connectivity index (χ4v) is 3.97. The van der Waals surface area contributed by atoms with Crippen LogP contribution in [0, 0.1) is 0 Å². The van der Waals surface area contributed by atoms with Crippen molar-refractivity contribution in [3.63, 3.8) is 0 Å². The van der Waals surface area contributed by atoms with Crippen molar-refractivity contribution in [2.45, 2.75) is 64.1 Å². The van der Waals surface area contributed by atoms with E-state index in [-0.39, 0.29) is 30.1 Å². The predicted molar refractivity (Wildman–Crippen MR) is 107 cm³/mol. The molecule has 0 heterocycles. The first-order valence-electron chi connectivity index (χ1n) is 9.98. The summed E-state index contributed by atoms with van der Waals surface area (Å²) in [6.45, 7) is 3.93. The molecule has 1 fully saturated rings. The third-order valence-electron chi connectivity index (χ3n) is 5.48. The summed E-state index contributed by atoms with van der Waals surface area (Å²) in [7, 11) is 0. The lowest BCUT2D eigenvalue weighted by atomic mass is 9.96. The number of nitrogens with one attached hydrogen (secondary N) is 2. The number of hydrogen-bond donors (Lipinski definition) is 3. The lowest BCUT2D eigenvalue weighted by molar-refractivity contribution is -0.710. The van der Waals surface area contributed by atoms with Crippen LogP contribution in [-0.4, -0.2) is 24.0 Å². The Morgan fingerprint density at radius 3 is 2.48 bits per heavy atom. The molecule has 1 aliphatic rings. The molecule has 3 amide bonds. The monoisotopic (exact) mass is 368 g/mol. The second-order valence-corrected chi connectivity index (χ2v) is 7.64. The fraction of sp³-hybridized carbons (Fsp3) is 0.455. The van der Waals surface area contributed by atoms with E-state index in [9.17, 15) is 9.59 Å². The average molecular weight is 369 g/mol. The number of urea groups is 1. The first kappa shape index (κ1) is 19.4. The predicted octanol–water partition coefficient (Wildman–Crippen LogP) is 3.01. The lowest BCUT2D eigenvalue weighted by Gasteiger charge is -2.23. The molecule has 0 aromatic heterocycles. The topological polar surface area (TPSA) is 74.8 Å². The molecule has 4 N–H and O–H groups in total. The molecule has 0 unspecified atom stereocenters. The Labute approximate surface area is 160 Å². The minimum Gasteiger partial charge on any atom is -0.335 e. The summed E-state index contributed by atoms with van der Waals surface area (Å²) in [5.74, 6) is -0.254. The number of hydrogen-bond acceptors (Lipinski definition) is 2. The van der Waals surface area contributed by atoms with Crippen LogP contribution >= 0.6 is 0 Å². The summed E-state index contributed by atoms with van der Waals surface area (Å²) in [5, 5.41) is 9.83. The Bertz CT molecular complexity index is 794. The lowest BCUT2D eigenvalue weighted by Crippen LogP contribution is -2.92. The quantitative estimate of drug-likeness (QED) is 0.759. The second kappa shape index (κ2) is 9.00. The molecule has 144 valence electrons. The first-order chi connectivity index (χ1) is 13.0. The molecule has 2 aromatic carbocycles. The van der Waals surface area contributed by atoms with Crippen LogP contribution in [0.15, 0.2) is 42.5 Å². The van der Waals surface area contributed by atoms with E-state index in [1.807, 2.05) is 30.4 Å². The number of nitrogens with two attached hydrogens (primary N) is 1. The Morgan fingerprint density at radius 2 is 1.70 bits per heavy atom. The number of quaternary nitrogens is 1. The van der Waals surface area contributed by atoms with E-state index in [2.05, 4.69) is 41.8 Å². The van der Waals surface area contributed by atoms with Gasteiger partial charge in [0, 0.05) is 11.6 Å². The van der Waals surface area contributed by atoms with E-state index in [4.69, 9.17) is 0 Å². The van der Waals surface area contributed by atoms with Gasteiger partial charge >= 0.3 is 6.03 Å². The van der Waals surface area contributed by atoms with Gasteiger partial charge < -0.3 is 10.6 Å². The van der Waals surface area contributed by atoms with Crippen molar-refractivity contribution in [3.05, 3.63) is 48.0 Å². The maximum absolute atomic E-state index is 12.4. The molecular weight excluding hydrogens is 338 g/mol. The average Bonchev–Trinajstić information content (AvgIpc) is 2.68. The maximum Gasteiger partial charge on any atom is 0.321 e. The minimum atomic E-state index is -0.370. The van der Waals surface area contributed by atoms with Crippen molar-refractivity contribution in [1.82, 2.24) is 10.6 Å². The summed E-state index contributed by atoms with van der Waals surface area (Å²) in [6, 6.07) is 14.1. The van der Waals surface area contributed by atoms with Crippen molar-refractivity contribution in [2.24, 2.45) is 0 Å². The van der Waals surface area contributed by atoms with Gasteiger partial charge in [-0.2, -0.15) is 0 Å². The highest BCUT2D eigenvalue weighted by Crippen LogP contribution is 2.22. The SMILES string of the molecule is C[C@H]([NH2+][C@H](C)C(=O)NC(=O)NC1CCCCC1)c1cccc2ccccc12. The molecule has 5 nitrogen and oxygen atoms in total. The van der Waals surface area contributed by atoms with Gasteiger partial charge in [-0.3, -0.25) is 10.1 Å². The molecule has 2 aromatic rings. The highest BCUT2D eigenvalue weighted by atomic mass is 16.2. The number of carbonyl (C=O) groups excluding carboxylic acids is 2. The van der Waals surface area contributed by atoms with Crippen LogP contribution in [0.2, 0.25) is 0 Å². The normalized spacial score (nSPS) is 17.3. The number of imide groups is 1. The first-order valence-corrected chi connectivity index (χ1v) is 9.98. The Morgan fingerprint density at radius 1 is 1.00 bits per heavy atom. The van der Waals surface area contributed by atoms with Gasteiger partial charge in [-0.15, -0.1) is 0 Å². The molecule has 2 atom stereocenters. The largest absolute Gasteiger partial charge is 0.335 e. The Kier molecular flexibility index (Phi) is 6.45. The molecule has 1 saturated carbocycles. The van der Waals surface area contributed by atoms with Gasteiger partial charge in [0.15, 0.2) is 6.04 Å². The van der Waals surface area contributed by atoms with Crippen LogP contribution in [0.5, 0.6) is 0 Å². The van der Waals surface area contributed by atoms with E-state index < -0.39 is 0 Å². The minimum absolute atomic E-state index is 0.109. The van der Waals surface area contributed by atoms with Gasteiger partial charge in [-0.1, -0.05) is 61.7 Å². The molecule has 0 bridgehead atoms. The number of carbonyl (C=O) groups is 2. The van der Waals surface area contributed by atoms with Crippen molar-refractivity contribution in [2.75, 3.05) is 0 Å². The highest BCUT2D eigenvalue weighted by Gasteiger charge is 2.24. The van der Waals surface area contributed by atoms with Crippen LogP contribution in [0.4, 0.5) is 4.79 Å². The zero-order valence-electron chi connectivity index (χ0n) is 16.2. The third-order valence-corrected chi connectivity index (χ3v) is 5.48. The molecule has 0 radical (unpaired) electrons. The number of rotatable bonds is 5. The summed E-state index contributed by atoms with van der Waals surface area (Å²) in [4.78, 5) is 24.5. The van der Waals surface area contributed by atoms with Crippen LogP contribution in [-0.2, 0) is 4.79 Å². The number of fused-ring (bicyclic) bond motifs is 1. The molecule has 5 heteroatoms. The van der Waals surface area contributed by atoms with Gasteiger partial charge in [0.05, 0.1) is 0 Å². The fourth-order valence-electron chi connectivity index (χ4n) is 3.97. The second-order valence-electron chi connectivity index (χ2n) is 7.64. The molecule has 1 aliphatic carbocycles. The molecule has 0 saturated heterocycles. The van der Waals surface area contributed by atoms with E-state index in [1.165, 1.54) is 22.8 Å². The molecular formula is C22H30N3O2+. The summed E-state index contributed by atoms with van der Waals surface area (Å²) >= 11 is 0. The number of benzene rings is 2. The third kappa shape index (κ3) is 5.07. The van der Waals surface area contributed by atoms with Gasteiger partial charge in [-0.05, 0) is 37.5 Å². The van der Waals surface area contributed by atoms with Gasteiger partial charge in [0.25, 0.3) is 5.91 Å². The van der Waals surface area contributed by atoms with Gasteiger partial charge in [0.1, 0.15) is 6.04 Å². The van der Waals surface area contributed by atoms with Crippen molar-refractivity contribution in [1.29, 1.82) is 0 Å².